The predicted molar refractivity (Wildman–Crippen MR) is 71.4 cm³/mol. The zero-order chi connectivity index (χ0) is 12.3. The van der Waals surface area contributed by atoms with Gasteiger partial charge < -0.3 is 10.3 Å². The van der Waals surface area contributed by atoms with Crippen LogP contribution in [0, 0.1) is 0 Å². The summed E-state index contributed by atoms with van der Waals surface area (Å²) in [6, 6.07) is 2.20. The molecule has 90 valence electrons. The summed E-state index contributed by atoms with van der Waals surface area (Å²) in [7, 11) is 0. The zero-order valence-corrected chi connectivity index (χ0v) is 10.5. The number of hydrogen-bond acceptors (Lipinski definition) is 4. The van der Waals surface area contributed by atoms with Gasteiger partial charge in [0, 0.05) is 6.04 Å². The molecule has 2 aromatic heterocycles. The van der Waals surface area contributed by atoms with E-state index in [4.69, 9.17) is 0 Å². The molecule has 0 saturated heterocycles. The van der Waals surface area contributed by atoms with Gasteiger partial charge in [-0.15, -0.1) is 17.9 Å². The first-order chi connectivity index (χ1) is 8.20. The summed E-state index contributed by atoms with van der Waals surface area (Å²) in [4.78, 5) is 18.9. The standard InChI is InChI=1S/C12H15N3OS/c1-3-4-8(2)13-7-10-14-9-5-6-17-11(9)12(16)15-10/h3,5-6,8,13H,1,4,7H2,2H3,(H,14,15,16). The number of nitrogens with zero attached hydrogens (tertiary/aromatic N) is 1. The molecular formula is C12H15N3OS. The van der Waals surface area contributed by atoms with Crippen LogP contribution in [0.15, 0.2) is 28.9 Å². The lowest BCUT2D eigenvalue weighted by Gasteiger charge is -2.10. The molecule has 2 N–H and O–H groups in total. The first-order valence-electron chi connectivity index (χ1n) is 5.51. The molecule has 17 heavy (non-hydrogen) atoms. The number of fused-ring (bicyclic) bond motifs is 1. The van der Waals surface area contributed by atoms with Gasteiger partial charge in [-0.05, 0) is 24.8 Å². The van der Waals surface area contributed by atoms with Gasteiger partial charge >= 0.3 is 0 Å². The molecular weight excluding hydrogens is 234 g/mol. The summed E-state index contributed by atoms with van der Waals surface area (Å²) in [5.41, 5.74) is 0.713. The van der Waals surface area contributed by atoms with Crippen molar-refractivity contribution in [3.63, 3.8) is 0 Å². The number of rotatable bonds is 5. The molecule has 2 heterocycles. The second kappa shape index (κ2) is 5.25. The molecule has 0 aromatic carbocycles. The third-order valence-corrected chi connectivity index (χ3v) is 3.40. The lowest BCUT2D eigenvalue weighted by molar-refractivity contribution is 0.541. The van der Waals surface area contributed by atoms with Gasteiger partial charge in [-0.3, -0.25) is 4.79 Å². The molecule has 1 unspecified atom stereocenters. The molecule has 0 amide bonds. The van der Waals surface area contributed by atoms with E-state index in [1.165, 1.54) is 11.3 Å². The zero-order valence-electron chi connectivity index (χ0n) is 9.69. The van der Waals surface area contributed by atoms with Gasteiger partial charge in [0.25, 0.3) is 5.56 Å². The largest absolute Gasteiger partial charge is 0.308 e. The average molecular weight is 249 g/mol. The van der Waals surface area contributed by atoms with Crippen LogP contribution in [-0.2, 0) is 6.54 Å². The Hall–Kier alpha value is -1.46. The fourth-order valence-electron chi connectivity index (χ4n) is 1.61. The maximum atomic E-state index is 11.7. The van der Waals surface area contributed by atoms with Crippen molar-refractivity contribution in [3.05, 3.63) is 40.3 Å². The van der Waals surface area contributed by atoms with E-state index < -0.39 is 0 Å². The maximum absolute atomic E-state index is 11.7. The summed E-state index contributed by atoms with van der Waals surface area (Å²) in [6.07, 6.45) is 2.76. The fourth-order valence-corrected chi connectivity index (χ4v) is 2.34. The van der Waals surface area contributed by atoms with Crippen molar-refractivity contribution < 1.29 is 0 Å². The van der Waals surface area contributed by atoms with E-state index in [0.29, 0.717) is 23.1 Å². The first-order valence-corrected chi connectivity index (χ1v) is 6.39. The first kappa shape index (κ1) is 12.0. The normalized spacial score (nSPS) is 12.8. The van der Waals surface area contributed by atoms with Crippen molar-refractivity contribution in [1.29, 1.82) is 0 Å². The van der Waals surface area contributed by atoms with E-state index in [1.807, 2.05) is 17.5 Å². The van der Waals surface area contributed by atoms with Crippen LogP contribution in [-0.4, -0.2) is 16.0 Å². The summed E-state index contributed by atoms with van der Waals surface area (Å²) in [6.45, 7) is 6.33. The number of H-pyrrole nitrogens is 1. The highest BCUT2D eigenvalue weighted by Gasteiger charge is 2.05. The molecule has 1 atom stereocenters. The second-order valence-corrected chi connectivity index (χ2v) is 4.87. The summed E-state index contributed by atoms with van der Waals surface area (Å²) >= 11 is 1.42. The second-order valence-electron chi connectivity index (χ2n) is 3.95. The third kappa shape index (κ3) is 2.81. The molecule has 0 aliphatic heterocycles. The van der Waals surface area contributed by atoms with Crippen LogP contribution in [0.5, 0.6) is 0 Å². The van der Waals surface area contributed by atoms with Crippen LogP contribution in [0.3, 0.4) is 0 Å². The van der Waals surface area contributed by atoms with Gasteiger partial charge in [-0.2, -0.15) is 0 Å². The average Bonchev–Trinajstić information content (AvgIpc) is 2.75. The Kier molecular flexibility index (Phi) is 3.71. The van der Waals surface area contributed by atoms with E-state index in [9.17, 15) is 4.79 Å². The lowest BCUT2D eigenvalue weighted by atomic mass is 10.2. The van der Waals surface area contributed by atoms with Crippen molar-refractivity contribution in [2.45, 2.75) is 25.9 Å². The number of hydrogen-bond donors (Lipinski definition) is 2. The number of aromatic amines is 1. The summed E-state index contributed by atoms with van der Waals surface area (Å²) in [5.74, 6) is 0.678. The number of thiophene rings is 1. The smallest absolute Gasteiger partial charge is 0.268 e. The molecule has 0 fully saturated rings. The quantitative estimate of drug-likeness (QED) is 0.797. The molecule has 0 bridgehead atoms. The van der Waals surface area contributed by atoms with E-state index in [2.05, 4.69) is 28.8 Å². The molecule has 0 saturated carbocycles. The number of aromatic nitrogens is 2. The fraction of sp³-hybridized carbons (Fsp3) is 0.333. The Morgan fingerprint density at radius 3 is 3.29 bits per heavy atom. The molecule has 0 radical (unpaired) electrons. The minimum absolute atomic E-state index is 0.0572. The van der Waals surface area contributed by atoms with Crippen molar-refractivity contribution in [2.75, 3.05) is 0 Å². The minimum Gasteiger partial charge on any atom is -0.308 e. The van der Waals surface area contributed by atoms with Crippen LogP contribution in [0.1, 0.15) is 19.2 Å². The van der Waals surface area contributed by atoms with Gasteiger partial charge in [0.1, 0.15) is 10.5 Å². The van der Waals surface area contributed by atoms with Gasteiger partial charge in [0.15, 0.2) is 0 Å². The van der Waals surface area contributed by atoms with E-state index in [0.717, 1.165) is 11.9 Å². The molecule has 0 aliphatic carbocycles. The maximum Gasteiger partial charge on any atom is 0.268 e. The topological polar surface area (TPSA) is 57.8 Å². The highest BCUT2D eigenvalue weighted by molar-refractivity contribution is 7.17. The Balaban J connectivity index is 2.13. The van der Waals surface area contributed by atoms with Crippen LogP contribution < -0.4 is 10.9 Å². The molecule has 5 heteroatoms. The van der Waals surface area contributed by atoms with E-state index in [1.54, 1.807) is 0 Å². The summed E-state index contributed by atoms with van der Waals surface area (Å²) < 4.78 is 0.688. The van der Waals surface area contributed by atoms with Gasteiger partial charge in [-0.25, -0.2) is 4.98 Å². The molecule has 2 aromatic rings. The Morgan fingerprint density at radius 2 is 2.53 bits per heavy atom. The monoisotopic (exact) mass is 249 g/mol. The Morgan fingerprint density at radius 1 is 1.71 bits per heavy atom. The van der Waals surface area contributed by atoms with Crippen molar-refractivity contribution in [3.8, 4) is 0 Å². The van der Waals surface area contributed by atoms with Crippen LogP contribution in [0.4, 0.5) is 0 Å². The third-order valence-electron chi connectivity index (χ3n) is 2.50. The Bertz CT molecular complexity index is 572. The van der Waals surface area contributed by atoms with Crippen molar-refractivity contribution in [1.82, 2.24) is 15.3 Å². The lowest BCUT2D eigenvalue weighted by Crippen LogP contribution is -2.27. The van der Waals surface area contributed by atoms with Crippen LogP contribution in [0.25, 0.3) is 10.2 Å². The van der Waals surface area contributed by atoms with Gasteiger partial charge in [0.05, 0.1) is 12.1 Å². The highest BCUT2D eigenvalue weighted by atomic mass is 32.1. The van der Waals surface area contributed by atoms with Crippen LogP contribution >= 0.6 is 11.3 Å². The van der Waals surface area contributed by atoms with Crippen molar-refractivity contribution in [2.24, 2.45) is 0 Å². The van der Waals surface area contributed by atoms with Crippen molar-refractivity contribution >= 4 is 21.6 Å². The molecule has 0 aliphatic rings. The molecule has 0 spiro atoms. The minimum atomic E-state index is -0.0572. The SMILES string of the molecule is C=CCC(C)NCc1nc2ccsc2c(=O)[nH]1. The molecule has 2 rings (SSSR count). The number of nitrogens with one attached hydrogen (secondary N) is 2. The summed E-state index contributed by atoms with van der Waals surface area (Å²) in [5, 5.41) is 5.16. The predicted octanol–water partition coefficient (Wildman–Crippen LogP) is 2.04. The highest BCUT2D eigenvalue weighted by Crippen LogP contribution is 2.13. The van der Waals surface area contributed by atoms with Gasteiger partial charge in [0.2, 0.25) is 0 Å². The van der Waals surface area contributed by atoms with E-state index >= 15 is 0 Å². The van der Waals surface area contributed by atoms with Crippen LogP contribution in [0.2, 0.25) is 0 Å². The van der Waals surface area contributed by atoms with E-state index in [-0.39, 0.29) is 5.56 Å². The van der Waals surface area contributed by atoms with Gasteiger partial charge in [-0.1, -0.05) is 6.08 Å². The molecule has 4 nitrogen and oxygen atoms in total. The Labute approximate surface area is 103 Å².